The number of nitrogens with one attached hydrogen (secondary N) is 1. The van der Waals surface area contributed by atoms with Crippen molar-refractivity contribution in [3.05, 3.63) is 22.7 Å². The lowest BCUT2D eigenvalue weighted by molar-refractivity contribution is -0.125. The summed E-state index contributed by atoms with van der Waals surface area (Å²) in [4.78, 5) is 31.4. The Morgan fingerprint density at radius 2 is 2.03 bits per heavy atom. The van der Waals surface area contributed by atoms with Crippen molar-refractivity contribution in [3.63, 3.8) is 0 Å². The molecule has 0 unspecified atom stereocenters. The molecular weight excluding hydrogens is 420 g/mol. The molecule has 2 amide bonds. The summed E-state index contributed by atoms with van der Waals surface area (Å²) in [6.07, 6.45) is 8.87. The SMILES string of the molecule is CSc1nc(C(=O)N2CCc3nnc(CCNC(=O)C4CCCCC4)n3CC2)cs1. The Balaban J connectivity index is 1.31. The first-order chi connectivity index (χ1) is 14.7. The molecule has 30 heavy (non-hydrogen) atoms. The average molecular weight is 449 g/mol. The molecule has 2 aromatic rings. The first-order valence-corrected chi connectivity index (χ1v) is 12.7. The third kappa shape index (κ3) is 4.85. The van der Waals surface area contributed by atoms with Gasteiger partial charge in [0.1, 0.15) is 21.7 Å². The number of carbonyl (C=O) groups excluding carboxylic acids is 2. The maximum Gasteiger partial charge on any atom is 0.273 e. The van der Waals surface area contributed by atoms with Gasteiger partial charge in [-0.2, -0.15) is 0 Å². The van der Waals surface area contributed by atoms with Crippen molar-refractivity contribution in [3.8, 4) is 0 Å². The predicted octanol–water partition coefficient (Wildman–Crippen LogP) is 2.39. The van der Waals surface area contributed by atoms with E-state index >= 15 is 0 Å². The fourth-order valence-electron chi connectivity index (χ4n) is 4.19. The van der Waals surface area contributed by atoms with Crippen LogP contribution in [0.15, 0.2) is 9.72 Å². The molecule has 1 N–H and O–H groups in total. The number of nitrogens with zero attached hydrogens (tertiary/aromatic N) is 5. The van der Waals surface area contributed by atoms with Crippen LogP contribution < -0.4 is 5.32 Å². The van der Waals surface area contributed by atoms with Gasteiger partial charge in [-0.05, 0) is 19.1 Å². The number of carbonyl (C=O) groups is 2. The lowest BCUT2D eigenvalue weighted by Crippen LogP contribution is -2.34. The number of hydrogen-bond acceptors (Lipinski definition) is 7. The van der Waals surface area contributed by atoms with Crippen LogP contribution in [0.2, 0.25) is 0 Å². The van der Waals surface area contributed by atoms with E-state index in [1.807, 2.05) is 16.5 Å². The molecule has 8 nitrogen and oxygen atoms in total. The topological polar surface area (TPSA) is 93.0 Å². The normalized spacial score (nSPS) is 17.4. The van der Waals surface area contributed by atoms with E-state index in [0.717, 1.165) is 41.7 Å². The van der Waals surface area contributed by atoms with E-state index in [2.05, 4.69) is 25.1 Å². The van der Waals surface area contributed by atoms with Crippen LogP contribution in [0.5, 0.6) is 0 Å². The summed E-state index contributed by atoms with van der Waals surface area (Å²) in [5, 5.41) is 13.6. The van der Waals surface area contributed by atoms with E-state index < -0.39 is 0 Å². The molecule has 0 bridgehead atoms. The first-order valence-electron chi connectivity index (χ1n) is 10.6. The third-order valence-corrected chi connectivity index (χ3v) is 7.75. The average Bonchev–Trinajstić information content (AvgIpc) is 3.36. The Labute approximate surface area is 184 Å². The summed E-state index contributed by atoms with van der Waals surface area (Å²) in [5.74, 6) is 2.11. The number of thiazole rings is 1. The highest BCUT2D eigenvalue weighted by atomic mass is 32.2. The van der Waals surface area contributed by atoms with Crippen LogP contribution >= 0.6 is 23.1 Å². The van der Waals surface area contributed by atoms with Crippen molar-refractivity contribution in [1.82, 2.24) is 30.0 Å². The van der Waals surface area contributed by atoms with Crippen LogP contribution in [0.4, 0.5) is 0 Å². The standard InChI is InChI=1S/C20H28N6O2S2/c1-29-20-22-15(13-30-20)19(28)25-10-8-17-24-23-16(26(17)12-11-25)7-9-21-18(27)14-5-3-2-4-6-14/h13-14H,2-12H2,1H3,(H,21,27). The molecule has 1 aliphatic carbocycles. The van der Waals surface area contributed by atoms with E-state index in [1.54, 1.807) is 11.8 Å². The van der Waals surface area contributed by atoms with Gasteiger partial charge in [0.2, 0.25) is 5.91 Å². The minimum absolute atomic E-state index is 0.0217. The quantitative estimate of drug-likeness (QED) is 0.682. The fraction of sp³-hybridized carbons (Fsp3) is 0.650. The summed E-state index contributed by atoms with van der Waals surface area (Å²) in [6, 6.07) is 0. The van der Waals surface area contributed by atoms with Gasteiger partial charge >= 0.3 is 0 Å². The number of thioether (sulfide) groups is 1. The predicted molar refractivity (Wildman–Crippen MR) is 117 cm³/mol. The minimum atomic E-state index is -0.0217. The van der Waals surface area contributed by atoms with Gasteiger partial charge in [-0.3, -0.25) is 9.59 Å². The van der Waals surface area contributed by atoms with Gasteiger partial charge in [-0.1, -0.05) is 31.0 Å². The van der Waals surface area contributed by atoms with Crippen molar-refractivity contribution in [2.24, 2.45) is 5.92 Å². The maximum absolute atomic E-state index is 12.8. The molecule has 10 heteroatoms. The second-order valence-electron chi connectivity index (χ2n) is 7.81. The third-order valence-electron chi connectivity index (χ3n) is 5.89. The van der Waals surface area contributed by atoms with Crippen molar-refractivity contribution < 1.29 is 9.59 Å². The highest BCUT2D eigenvalue weighted by Gasteiger charge is 2.25. The summed E-state index contributed by atoms with van der Waals surface area (Å²) < 4.78 is 3.01. The van der Waals surface area contributed by atoms with Gasteiger partial charge in [0.05, 0.1) is 0 Å². The number of aromatic nitrogens is 4. The van der Waals surface area contributed by atoms with Crippen molar-refractivity contribution in [2.75, 3.05) is 25.9 Å². The monoisotopic (exact) mass is 448 g/mol. The van der Waals surface area contributed by atoms with E-state index in [1.165, 1.54) is 17.8 Å². The Morgan fingerprint density at radius 1 is 1.20 bits per heavy atom. The van der Waals surface area contributed by atoms with Crippen LogP contribution in [0, 0.1) is 5.92 Å². The van der Waals surface area contributed by atoms with Gasteiger partial charge in [-0.15, -0.1) is 21.5 Å². The molecule has 1 saturated carbocycles. The highest BCUT2D eigenvalue weighted by Crippen LogP contribution is 2.24. The molecule has 162 valence electrons. The summed E-state index contributed by atoms with van der Waals surface area (Å²) in [7, 11) is 0. The second kappa shape index (κ2) is 9.91. The zero-order chi connectivity index (χ0) is 20.9. The molecule has 0 atom stereocenters. The van der Waals surface area contributed by atoms with E-state index in [0.29, 0.717) is 44.7 Å². The van der Waals surface area contributed by atoms with Gasteiger partial charge in [0.25, 0.3) is 5.91 Å². The van der Waals surface area contributed by atoms with Crippen LogP contribution in [0.25, 0.3) is 0 Å². The Morgan fingerprint density at radius 3 is 2.80 bits per heavy atom. The molecule has 2 aliphatic rings. The van der Waals surface area contributed by atoms with Crippen molar-refractivity contribution in [2.45, 2.75) is 55.8 Å². The summed E-state index contributed by atoms with van der Waals surface area (Å²) >= 11 is 3.06. The molecule has 1 fully saturated rings. The number of fused-ring (bicyclic) bond motifs is 1. The maximum atomic E-state index is 12.8. The Kier molecular flexibility index (Phi) is 7.04. The molecule has 3 heterocycles. The minimum Gasteiger partial charge on any atom is -0.355 e. The molecular formula is C20H28N6O2S2. The van der Waals surface area contributed by atoms with Crippen LogP contribution in [-0.4, -0.2) is 62.4 Å². The molecule has 0 spiro atoms. The van der Waals surface area contributed by atoms with Gasteiger partial charge in [0, 0.05) is 50.3 Å². The van der Waals surface area contributed by atoms with Crippen LogP contribution in [0.1, 0.15) is 54.2 Å². The lowest BCUT2D eigenvalue weighted by atomic mass is 9.89. The van der Waals surface area contributed by atoms with Crippen LogP contribution in [-0.2, 0) is 24.2 Å². The molecule has 0 saturated heterocycles. The fourth-order valence-corrected chi connectivity index (χ4v) is 5.42. The zero-order valence-corrected chi connectivity index (χ0v) is 18.9. The van der Waals surface area contributed by atoms with Crippen molar-refractivity contribution >= 4 is 34.9 Å². The Bertz CT molecular complexity index is 890. The largest absolute Gasteiger partial charge is 0.355 e. The van der Waals surface area contributed by atoms with Crippen molar-refractivity contribution in [1.29, 1.82) is 0 Å². The van der Waals surface area contributed by atoms with E-state index in [-0.39, 0.29) is 17.7 Å². The van der Waals surface area contributed by atoms with Gasteiger partial charge < -0.3 is 14.8 Å². The second-order valence-corrected chi connectivity index (χ2v) is 9.72. The first kappa shape index (κ1) is 21.3. The molecule has 0 radical (unpaired) electrons. The molecule has 4 rings (SSSR count). The number of amides is 2. The molecule has 0 aromatic carbocycles. The molecule has 1 aliphatic heterocycles. The summed E-state index contributed by atoms with van der Waals surface area (Å²) in [6.45, 7) is 2.46. The number of hydrogen-bond donors (Lipinski definition) is 1. The zero-order valence-electron chi connectivity index (χ0n) is 17.3. The van der Waals surface area contributed by atoms with Crippen LogP contribution in [0.3, 0.4) is 0 Å². The number of rotatable bonds is 6. The van der Waals surface area contributed by atoms with Gasteiger partial charge in [-0.25, -0.2) is 4.98 Å². The highest BCUT2D eigenvalue weighted by molar-refractivity contribution is 8.00. The summed E-state index contributed by atoms with van der Waals surface area (Å²) in [5.41, 5.74) is 0.521. The lowest BCUT2D eigenvalue weighted by Gasteiger charge is -2.20. The smallest absolute Gasteiger partial charge is 0.273 e. The molecule has 2 aromatic heterocycles. The van der Waals surface area contributed by atoms with E-state index in [4.69, 9.17) is 0 Å². The van der Waals surface area contributed by atoms with Gasteiger partial charge in [0.15, 0.2) is 0 Å². The van der Waals surface area contributed by atoms with E-state index in [9.17, 15) is 9.59 Å². The Hall–Kier alpha value is -1.94.